The van der Waals surface area contributed by atoms with Crippen molar-refractivity contribution in [3.05, 3.63) is 89.0 Å². The van der Waals surface area contributed by atoms with Crippen LogP contribution in [0.1, 0.15) is 27.0 Å². The minimum atomic E-state index is -0.481. The molecule has 0 atom stereocenters. The molecule has 1 N–H and O–H groups in total. The Hall–Kier alpha value is -5.15. The van der Waals surface area contributed by atoms with E-state index in [1.54, 1.807) is 44.6 Å². The summed E-state index contributed by atoms with van der Waals surface area (Å²) in [4.78, 5) is 14.9. The molecule has 9 nitrogen and oxygen atoms in total. The Morgan fingerprint density at radius 1 is 0.614 bits per heavy atom. The zero-order valence-corrected chi connectivity index (χ0v) is 25.5. The van der Waals surface area contributed by atoms with E-state index in [1.807, 2.05) is 36.4 Å². The summed E-state index contributed by atoms with van der Waals surface area (Å²) >= 11 is 0. The van der Waals surface area contributed by atoms with E-state index in [0.717, 1.165) is 5.56 Å². The van der Waals surface area contributed by atoms with Crippen LogP contribution in [0.4, 0.5) is 0 Å². The van der Waals surface area contributed by atoms with Crippen molar-refractivity contribution in [2.75, 3.05) is 42.7 Å². The molecule has 0 saturated carbocycles. The number of methoxy groups -OCH3 is 6. The summed E-state index contributed by atoms with van der Waals surface area (Å²) in [5.41, 5.74) is 1.53. The Balaban J connectivity index is 1.84. The van der Waals surface area contributed by atoms with E-state index in [4.69, 9.17) is 33.2 Å². The minimum Gasteiger partial charge on any atom is -0.497 e. The standard InChI is InChI=1S/C35H34O9/c1-38-24-13-21-12-23(18-36)31(34(42-5)29(21)26(16-24)40-3)33(37)32-28(44-19-20-10-8-7-9-11-20)15-22-14-25(39-2)17-27(41-4)30(22)35(32)43-6/h7-17,36H,18-19H2,1-6H3. The first-order valence-corrected chi connectivity index (χ1v) is 13.8. The Bertz CT molecular complexity index is 1830. The van der Waals surface area contributed by atoms with Gasteiger partial charge in [-0.05, 0) is 46.2 Å². The summed E-state index contributed by atoms with van der Waals surface area (Å²) in [5.74, 6) is 2.25. The maximum atomic E-state index is 14.9. The van der Waals surface area contributed by atoms with Crippen LogP contribution in [0, 0.1) is 0 Å². The SMILES string of the molecule is COc1cc(OC)c2c(OC)c(C(=O)c3c(OCc4ccccc4)cc4cc(OC)cc(OC)c4c3OC)c(CO)cc2c1. The number of hydrogen-bond donors (Lipinski definition) is 1. The van der Waals surface area contributed by atoms with Gasteiger partial charge in [-0.3, -0.25) is 4.79 Å². The summed E-state index contributed by atoms with van der Waals surface area (Å²) in [7, 11) is 9.12. The highest BCUT2D eigenvalue weighted by Gasteiger charge is 2.31. The van der Waals surface area contributed by atoms with Crippen molar-refractivity contribution in [1.82, 2.24) is 0 Å². The van der Waals surface area contributed by atoms with Gasteiger partial charge in [0.2, 0.25) is 5.78 Å². The third kappa shape index (κ3) is 5.38. The summed E-state index contributed by atoms with van der Waals surface area (Å²) < 4.78 is 40.5. The fourth-order valence-electron chi connectivity index (χ4n) is 5.44. The number of hydrogen-bond acceptors (Lipinski definition) is 9. The number of fused-ring (bicyclic) bond motifs is 2. The van der Waals surface area contributed by atoms with Gasteiger partial charge in [0, 0.05) is 12.1 Å². The molecule has 0 aliphatic rings. The smallest absolute Gasteiger partial charge is 0.204 e. The molecule has 0 aliphatic carbocycles. The third-order valence-corrected chi connectivity index (χ3v) is 7.49. The molecular weight excluding hydrogens is 564 g/mol. The molecule has 44 heavy (non-hydrogen) atoms. The van der Waals surface area contributed by atoms with Crippen LogP contribution in [0.15, 0.2) is 66.7 Å². The van der Waals surface area contributed by atoms with Gasteiger partial charge < -0.3 is 38.3 Å². The van der Waals surface area contributed by atoms with Crippen LogP contribution in [-0.2, 0) is 13.2 Å². The van der Waals surface area contributed by atoms with Crippen LogP contribution in [0.2, 0.25) is 0 Å². The van der Waals surface area contributed by atoms with Crippen molar-refractivity contribution in [3.63, 3.8) is 0 Å². The Morgan fingerprint density at radius 2 is 1.16 bits per heavy atom. The summed E-state index contributed by atoms with van der Waals surface area (Å²) in [5, 5.41) is 13.0. The normalized spacial score (nSPS) is 10.9. The van der Waals surface area contributed by atoms with Gasteiger partial charge in [0.25, 0.3) is 0 Å². The first-order chi connectivity index (χ1) is 21.4. The summed E-state index contributed by atoms with van der Waals surface area (Å²) in [6.07, 6.45) is 0. The lowest BCUT2D eigenvalue weighted by Gasteiger charge is -2.22. The molecule has 0 saturated heterocycles. The molecule has 0 heterocycles. The predicted molar refractivity (Wildman–Crippen MR) is 167 cm³/mol. The number of aliphatic hydroxyl groups excluding tert-OH is 1. The lowest BCUT2D eigenvalue weighted by molar-refractivity contribution is 0.102. The molecule has 5 rings (SSSR count). The van der Waals surface area contributed by atoms with Crippen LogP contribution >= 0.6 is 0 Å². The van der Waals surface area contributed by atoms with Crippen molar-refractivity contribution in [3.8, 4) is 40.2 Å². The van der Waals surface area contributed by atoms with E-state index < -0.39 is 12.4 Å². The van der Waals surface area contributed by atoms with Crippen LogP contribution < -0.4 is 33.2 Å². The fourth-order valence-corrected chi connectivity index (χ4v) is 5.44. The fraction of sp³-hybridized carbons (Fsp3) is 0.229. The van der Waals surface area contributed by atoms with E-state index in [0.29, 0.717) is 50.1 Å². The lowest BCUT2D eigenvalue weighted by atomic mass is 9.90. The highest BCUT2D eigenvalue weighted by Crippen LogP contribution is 2.47. The first-order valence-electron chi connectivity index (χ1n) is 13.8. The molecule has 0 bridgehead atoms. The second kappa shape index (κ2) is 13.0. The Morgan fingerprint density at radius 3 is 1.66 bits per heavy atom. The summed E-state index contributed by atoms with van der Waals surface area (Å²) in [6, 6.07) is 20.1. The van der Waals surface area contributed by atoms with E-state index in [9.17, 15) is 9.90 Å². The summed E-state index contributed by atoms with van der Waals surface area (Å²) in [6.45, 7) is -0.254. The van der Waals surface area contributed by atoms with Crippen molar-refractivity contribution >= 4 is 27.3 Å². The molecule has 228 valence electrons. The van der Waals surface area contributed by atoms with E-state index in [1.165, 1.54) is 28.4 Å². The number of carbonyl (C=O) groups excluding carboxylic acids is 1. The number of benzene rings is 5. The second-order valence-electron chi connectivity index (χ2n) is 9.84. The highest BCUT2D eigenvalue weighted by atomic mass is 16.5. The van der Waals surface area contributed by atoms with Gasteiger partial charge in [-0.15, -0.1) is 0 Å². The molecule has 5 aromatic rings. The van der Waals surface area contributed by atoms with E-state index >= 15 is 0 Å². The van der Waals surface area contributed by atoms with Crippen LogP contribution in [0.3, 0.4) is 0 Å². The van der Waals surface area contributed by atoms with Gasteiger partial charge in [-0.1, -0.05) is 30.3 Å². The van der Waals surface area contributed by atoms with Crippen LogP contribution in [0.5, 0.6) is 40.2 Å². The lowest BCUT2D eigenvalue weighted by Crippen LogP contribution is -2.13. The monoisotopic (exact) mass is 598 g/mol. The van der Waals surface area contributed by atoms with Crippen molar-refractivity contribution in [1.29, 1.82) is 0 Å². The zero-order valence-electron chi connectivity index (χ0n) is 25.5. The van der Waals surface area contributed by atoms with Crippen molar-refractivity contribution < 1.29 is 43.1 Å². The quantitative estimate of drug-likeness (QED) is 0.165. The molecule has 0 amide bonds. The molecule has 0 aromatic heterocycles. The minimum absolute atomic E-state index is 0.138. The molecule has 0 aliphatic heterocycles. The molecular formula is C35H34O9. The molecule has 0 radical (unpaired) electrons. The van der Waals surface area contributed by atoms with Gasteiger partial charge in [0.15, 0.2) is 0 Å². The molecule has 0 unspecified atom stereocenters. The predicted octanol–water partition coefficient (Wildman–Crippen LogP) is 6.35. The zero-order chi connectivity index (χ0) is 31.4. The first kappa shape index (κ1) is 30.3. The molecule has 0 fully saturated rings. The van der Waals surface area contributed by atoms with Crippen molar-refractivity contribution in [2.24, 2.45) is 0 Å². The van der Waals surface area contributed by atoms with E-state index in [2.05, 4.69) is 0 Å². The topological polar surface area (TPSA) is 102 Å². The van der Waals surface area contributed by atoms with Crippen molar-refractivity contribution in [2.45, 2.75) is 13.2 Å². The largest absolute Gasteiger partial charge is 0.497 e. The third-order valence-electron chi connectivity index (χ3n) is 7.49. The Labute approximate surface area is 255 Å². The van der Waals surface area contributed by atoms with Gasteiger partial charge in [-0.25, -0.2) is 0 Å². The van der Waals surface area contributed by atoms with Gasteiger partial charge in [0.1, 0.15) is 52.4 Å². The number of ether oxygens (including phenoxy) is 7. The van der Waals surface area contributed by atoms with Crippen LogP contribution in [-0.4, -0.2) is 53.5 Å². The molecule has 9 heteroatoms. The number of carbonyl (C=O) groups is 1. The van der Waals surface area contributed by atoms with Gasteiger partial charge >= 0.3 is 0 Å². The van der Waals surface area contributed by atoms with Gasteiger partial charge in [-0.2, -0.15) is 0 Å². The molecule has 5 aromatic carbocycles. The van der Waals surface area contributed by atoms with E-state index in [-0.39, 0.29) is 35.0 Å². The average Bonchev–Trinajstić information content (AvgIpc) is 3.07. The van der Waals surface area contributed by atoms with Crippen LogP contribution in [0.25, 0.3) is 21.5 Å². The highest BCUT2D eigenvalue weighted by molar-refractivity contribution is 6.20. The maximum absolute atomic E-state index is 14.9. The number of ketones is 1. The Kier molecular flexibility index (Phi) is 8.96. The number of aliphatic hydroxyl groups is 1. The molecule has 0 spiro atoms. The maximum Gasteiger partial charge on any atom is 0.204 e. The average molecular weight is 599 g/mol. The number of rotatable bonds is 12. The van der Waals surface area contributed by atoms with Gasteiger partial charge in [0.05, 0.1) is 65.6 Å². The second-order valence-corrected chi connectivity index (χ2v) is 9.84.